The summed E-state index contributed by atoms with van der Waals surface area (Å²) in [4.78, 5) is 36.9. The molecule has 0 aliphatic heterocycles. The van der Waals surface area contributed by atoms with Crippen LogP contribution in [0.2, 0.25) is 0 Å². The molecule has 0 radical (unpaired) electrons. The van der Waals surface area contributed by atoms with Crippen molar-refractivity contribution in [1.82, 2.24) is 0 Å². The number of carboxylic acid groups (broad SMARTS) is 1. The van der Waals surface area contributed by atoms with E-state index in [2.05, 4.69) is 92.8 Å². The van der Waals surface area contributed by atoms with Crippen molar-refractivity contribution in [2.45, 2.75) is 116 Å². The van der Waals surface area contributed by atoms with Crippen molar-refractivity contribution in [2.75, 3.05) is 41.0 Å². The first-order valence-electron chi connectivity index (χ1n) is 20.8. The molecular formula is C49H74NO7+. The zero-order valence-corrected chi connectivity index (χ0v) is 35.7. The maximum Gasteiger partial charge on any atom is 0.362 e. The quantitative estimate of drug-likeness (QED) is 0.0228. The second-order valence-corrected chi connectivity index (χ2v) is 14.2. The molecule has 0 spiro atoms. The summed E-state index contributed by atoms with van der Waals surface area (Å²) in [5.74, 6) is -1.67. The summed E-state index contributed by atoms with van der Waals surface area (Å²) in [5, 5.41) is 9.60. The van der Waals surface area contributed by atoms with Gasteiger partial charge in [-0.3, -0.25) is 9.59 Å². The Labute approximate surface area is 345 Å². The average Bonchev–Trinajstić information content (AvgIpc) is 3.17. The lowest BCUT2D eigenvalue weighted by Gasteiger charge is -2.31. The van der Waals surface area contributed by atoms with Crippen molar-refractivity contribution in [3.63, 3.8) is 0 Å². The van der Waals surface area contributed by atoms with E-state index in [1.807, 2.05) is 75.8 Å². The maximum atomic E-state index is 12.7. The number of carbonyl (C=O) groups excluding carboxylic acids is 2. The fourth-order valence-electron chi connectivity index (χ4n) is 5.01. The molecule has 0 aromatic carbocycles. The maximum absolute atomic E-state index is 12.7. The van der Waals surface area contributed by atoms with E-state index in [4.69, 9.17) is 14.2 Å². The van der Waals surface area contributed by atoms with Crippen molar-refractivity contribution in [2.24, 2.45) is 0 Å². The SMILES string of the molecule is CC/C=C/C=C/C=C/C=C/C=C/CCCC(=O)OCC(COCCC(C(=O)O)[N+](C)(C)C)OC(=O)CCC/C=C/C/C=C/C/C=C/C/C=C/C/C=C/C/C=C/CC. The van der Waals surface area contributed by atoms with Crippen LogP contribution in [0.4, 0.5) is 0 Å². The number of hydrogen-bond acceptors (Lipinski definition) is 6. The van der Waals surface area contributed by atoms with Crippen LogP contribution in [0.5, 0.6) is 0 Å². The molecule has 0 aromatic rings. The molecule has 2 unspecified atom stereocenters. The normalized spacial score (nSPS) is 14.3. The molecule has 0 aromatic heterocycles. The van der Waals surface area contributed by atoms with Gasteiger partial charge >= 0.3 is 17.9 Å². The van der Waals surface area contributed by atoms with E-state index < -0.39 is 24.1 Å². The van der Waals surface area contributed by atoms with Crippen LogP contribution in [0.3, 0.4) is 0 Å². The predicted molar refractivity (Wildman–Crippen MR) is 238 cm³/mol. The Kier molecular flexibility index (Phi) is 35.3. The monoisotopic (exact) mass is 789 g/mol. The van der Waals surface area contributed by atoms with Gasteiger partial charge in [0.2, 0.25) is 0 Å². The van der Waals surface area contributed by atoms with Crippen LogP contribution < -0.4 is 0 Å². The Bertz CT molecular complexity index is 1380. The van der Waals surface area contributed by atoms with Crippen molar-refractivity contribution >= 4 is 17.9 Å². The van der Waals surface area contributed by atoms with Crippen molar-refractivity contribution in [1.29, 1.82) is 0 Å². The Balaban J connectivity index is 4.62. The molecule has 1 N–H and O–H groups in total. The highest BCUT2D eigenvalue weighted by Gasteiger charge is 2.31. The van der Waals surface area contributed by atoms with Crippen LogP contribution in [0.15, 0.2) is 134 Å². The number of nitrogens with zero attached hydrogens (tertiary/aromatic N) is 1. The van der Waals surface area contributed by atoms with Gasteiger partial charge < -0.3 is 23.8 Å². The third-order valence-electron chi connectivity index (χ3n) is 8.17. The highest BCUT2D eigenvalue weighted by Crippen LogP contribution is 2.10. The van der Waals surface area contributed by atoms with E-state index in [-0.39, 0.29) is 49.5 Å². The number of rotatable bonds is 34. The van der Waals surface area contributed by atoms with Gasteiger partial charge in [-0.1, -0.05) is 148 Å². The van der Waals surface area contributed by atoms with Crippen molar-refractivity contribution in [3.8, 4) is 0 Å². The number of unbranched alkanes of at least 4 members (excludes halogenated alkanes) is 2. The molecule has 2 atom stereocenters. The van der Waals surface area contributed by atoms with Crippen LogP contribution in [0.25, 0.3) is 0 Å². The van der Waals surface area contributed by atoms with Gasteiger partial charge in [0.15, 0.2) is 12.1 Å². The smallest absolute Gasteiger partial charge is 0.362 e. The summed E-state index contributed by atoms with van der Waals surface area (Å²) in [6.45, 7) is 4.29. The van der Waals surface area contributed by atoms with E-state index in [1.54, 1.807) is 0 Å². The van der Waals surface area contributed by atoms with Crippen LogP contribution in [-0.4, -0.2) is 80.6 Å². The van der Waals surface area contributed by atoms with Crippen LogP contribution >= 0.6 is 0 Å². The fourth-order valence-corrected chi connectivity index (χ4v) is 5.01. The second-order valence-electron chi connectivity index (χ2n) is 14.2. The largest absolute Gasteiger partial charge is 0.477 e. The van der Waals surface area contributed by atoms with Gasteiger partial charge in [-0.05, 0) is 70.6 Å². The first-order valence-corrected chi connectivity index (χ1v) is 20.8. The zero-order chi connectivity index (χ0) is 42.1. The van der Waals surface area contributed by atoms with Crippen LogP contribution in [-0.2, 0) is 28.6 Å². The summed E-state index contributed by atoms with van der Waals surface area (Å²) in [5.41, 5.74) is 0. The molecule has 0 saturated heterocycles. The van der Waals surface area contributed by atoms with Gasteiger partial charge in [-0.25, -0.2) is 4.79 Å². The number of allylic oxidation sites excluding steroid dienone is 22. The Morgan fingerprint density at radius 3 is 1.47 bits per heavy atom. The number of esters is 2. The summed E-state index contributed by atoms with van der Waals surface area (Å²) in [6, 6.07) is -0.644. The minimum Gasteiger partial charge on any atom is -0.477 e. The highest BCUT2D eigenvalue weighted by atomic mass is 16.6. The number of ether oxygens (including phenoxy) is 3. The highest BCUT2D eigenvalue weighted by molar-refractivity contribution is 5.72. The number of aliphatic carboxylic acids is 1. The van der Waals surface area contributed by atoms with E-state index in [0.717, 1.165) is 57.8 Å². The third-order valence-corrected chi connectivity index (χ3v) is 8.17. The molecule has 316 valence electrons. The minimum atomic E-state index is -0.902. The molecule has 8 nitrogen and oxygen atoms in total. The van der Waals surface area contributed by atoms with Crippen molar-refractivity contribution in [3.05, 3.63) is 134 Å². The Morgan fingerprint density at radius 1 is 0.544 bits per heavy atom. The first kappa shape index (κ1) is 52.5. The molecule has 0 bridgehead atoms. The van der Waals surface area contributed by atoms with Gasteiger partial charge in [-0.15, -0.1) is 0 Å². The molecular weight excluding hydrogens is 715 g/mol. The summed E-state index contributed by atoms with van der Waals surface area (Å²) >= 11 is 0. The Morgan fingerprint density at radius 2 is 0.982 bits per heavy atom. The van der Waals surface area contributed by atoms with Gasteiger partial charge in [-0.2, -0.15) is 0 Å². The van der Waals surface area contributed by atoms with Crippen LogP contribution in [0.1, 0.15) is 104 Å². The lowest BCUT2D eigenvalue weighted by Crippen LogP contribution is -2.50. The van der Waals surface area contributed by atoms with E-state index in [1.165, 1.54) is 0 Å². The summed E-state index contributed by atoms with van der Waals surface area (Å²) in [7, 11) is 5.46. The first-order chi connectivity index (χ1) is 27.6. The zero-order valence-electron chi connectivity index (χ0n) is 35.7. The number of carboxylic acids is 1. The summed E-state index contributed by atoms with van der Waals surface area (Å²) in [6.07, 6.45) is 55.2. The number of quaternary nitrogens is 1. The molecule has 57 heavy (non-hydrogen) atoms. The lowest BCUT2D eigenvalue weighted by atomic mass is 10.1. The molecule has 8 heteroatoms. The molecule has 0 heterocycles. The Hall–Kier alpha value is -4.53. The number of carbonyl (C=O) groups is 3. The second kappa shape index (κ2) is 38.3. The number of hydrogen-bond donors (Lipinski definition) is 1. The van der Waals surface area contributed by atoms with E-state index in [9.17, 15) is 19.5 Å². The van der Waals surface area contributed by atoms with Gasteiger partial charge in [0.05, 0.1) is 34.4 Å². The van der Waals surface area contributed by atoms with E-state index in [0.29, 0.717) is 12.8 Å². The van der Waals surface area contributed by atoms with Crippen LogP contribution in [0, 0.1) is 0 Å². The van der Waals surface area contributed by atoms with Gasteiger partial charge in [0.1, 0.15) is 6.61 Å². The summed E-state index contributed by atoms with van der Waals surface area (Å²) < 4.78 is 17.1. The molecule has 0 aliphatic carbocycles. The lowest BCUT2D eigenvalue weighted by molar-refractivity contribution is -0.887. The average molecular weight is 789 g/mol. The molecule has 0 fully saturated rings. The van der Waals surface area contributed by atoms with Gasteiger partial charge in [0.25, 0.3) is 0 Å². The predicted octanol–water partition coefficient (Wildman–Crippen LogP) is 11.2. The fraction of sp³-hybridized carbons (Fsp3) is 0.490. The molecule has 0 aliphatic rings. The van der Waals surface area contributed by atoms with Crippen molar-refractivity contribution < 1.29 is 38.2 Å². The molecule has 0 saturated carbocycles. The van der Waals surface area contributed by atoms with E-state index >= 15 is 0 Å². The molecule has 0 amide bonds. The topological polar surface area (TPSA) is 99.1 Å². The molecule has 0 rings (SSSR count). The number of likely N-dealkylation sites (N-methyl/N-ethyl adjacent to an activating group) is 1. The standard InChI is InChI=1S/C49H73NO7/c1-6-8-10-12-14-16-18-20-21-22-23-24-25-26-28-30-32-34-36-38-40-48(52)57-45(43-55-42-41-46(49(53)54)50(3,4)5)44-56-47(51)39-37-35-33-31-29-27-19-17-15-13-11-9-7-2/h8-11,13-17,19-21,23-24,26-29,31-34,45-46H,6-7,12,18,22,25,30,35-44H2,1-5H3/p+1/b10-8+,11-9+,15-13+,16-14+,19-17+,21-20+,24-23+,28-26+,29-27+,33-31+,34-32+. The van der Waals surface area contributed by atoms with Gasteiger partial charge in [0, 0.05) is 19.3 Å². The minimum absolute atomic E-state index is 0.00437. The third kappa shape index (κ3) is 36.8.